The average Bonchev–Trinajstić information content (AvgIpc) is 2.77. The smallest absolute Gasteiger partial charge is 0.407 e. The lowest BCUT2D eigenvalue weighted by Gasteiger charge is -2.36. The van der Waals surface area contributed by atoms with Gasteiger partial charge in [0.25, 0.3) is 0 Å². The zero-order chi connectivity index (χ0) is 25.1. The van der Waals surface area contributed by atoms with Crippen LogP contribution in [-0.4, -0.2) is 42.4 Å². The quantitative estimate of drug-likeness (QED) is 0.316. The molecule has 1 fully saturated rings. The molecule has 1 saturated carbocycles. The maximum Gasteiger partial charge on any atom is 0.407 e. The lowest BCUT2D eigenvalue weighted by molar-refractivity contribution is -0.138. The Labute approximate surface area is 202 Å². The third-order valence-electron chi connectivity index (χ3n) is 5.47. The predicted octanol–water partition coefficient (Wildman–Crippen LogP) is 4.87. The van der Waals surface area contributed by atoms with E-state index in [9.17, 15) is 14.4 Å². The number of carbonyl (C=O) groups is 3. The third-order valence-corrected chi connectivity index (χ3v) is 5.47. The van der Waals surface area contributed by atoms with Crippen LogP contribution in [0.3, 0.4) is 0 Å². The molecule has 0 bridgehead atoms. The van der Waals surface area contributed by atoms with Crippen LogP contribution in [0.25, 0.3) is 0 Å². The Kier molecular flexibility index (Phi) is 10.4. The molecular formula is C26H38N2O6. The van der Waals surface area contributed by atoms with E-state index >= 15 is 0 Å². The highest BCUT2D eigenvalue weighted by molar-refractivity contribution is 5.88. The van der Waals surface area contributed by atoms with Crippen LogP contribution in [0, 0.1) is 5.92 Å². The van der Waals surface area contributed by atoms with Crippen LogP contribution in [0.2, 0.25) is 0 Å². The molecule has 2 N–H and O–H groups in total. The predicted molar refractivity (Wildman–Crippen MR) is 129 cm³/mol. The van der Waals surface area contributed by atoms with E-state index in [0.717, 1.165) is 5.56 Å². The van der Waals surface area contributed by atoms with Crippen LogP contribution < -0.4 is 10.6 Å². The molecule has 1 aliphatic rings. The molecule has 2 rings (SSSR count). The lowest BCUT2D eigenvalue weighted by atomic mass is 9.80. The highest BCUT2D eigenvalue weighted by atomic mass is 16.6. The Morgan fingerprint density at radius 2 is 1.71 bits per heavy atom. The maximum absolute atomic E-state index is 12.5. The summed E-state index contributed by atoms with van der Waals surface area (Å²) in [6.07, 6.45) is 3.20. The number of hydrogen-bond donors (Lipinski definition) is 2. The van der Waals surface area contributed by atoms with E-state index in [-0.39, 0.29) is 37.2 Å². The normalized spacial score (nSPS) is 20.7. The number of nitrogens with one attached hydrogen (secondary N) is 2. The number of amides is 2. The summed E-state index contributed by atoms with van der Waals surface area (Å²) < 4.78 is 16.0. The summed E-state index contributed by atoms with van der Waals surface area (Å²) in [6, 6.07) is 9.07. The number of hydrogen-bond acceptors (Lipinski definition) is 6. The minimum Gasteiger partial charge on any atom is -0.463 e. The van der Waals surface area contributed by atoms with Gasteiger partial charge in [0, 0.05) is 17.7 Å². The number of carbonyl (C=O) groups excluding carboxylic acids is 3. The molecule has 1 aromatic carbocycles. The fourth-order valence-corrected chi connectivity index (χ4v) is 3.90. The molecule has 0 radical (unpaired) electrons. The molecule has 2 amide bonds. The summed E-state index contributed by atoms with van der Waals surface area (Å²) in [5, 5.41) is 5.87. The molecular weight excluding hydrogens is 436 g/mol. The highest BCUT2D eigenvalue weighted by Crippen LogP contribution is 2.28. The van der Waals surface area contributed by atoms with Gasteiger partial charge < -0.3 is 24.8 Å². The molecule has 1 aliphatic carbocycles. The highest BCUT2D eigenvalue weighted by Gasteiger charge is 2.33. The summed E-state index contributed by atoms with van der Waals surface area (Å²) in [5.74, 6) is -0.546. The van der Waals surface area contributed by atoms with Crippen LogP contribution in [0.15, 0.2) is 42.0 Å². The fourth-order valence-electron chi connectivity index (χ4n) is 3.90. The first-order chi connectivity index (χ1) is 16.1. The van der Waals surface area contributed by atoms with Crippen molar-refractivity contribution in [3.05, 3.63) is 47.5 Å². The van der Waals surface area contributed by atoms with Crippen molar-refractivity contribution in [3.8, 4) is 0 Å². The number of esters is 1. The second-order valence-electron chi connectivity index (χ2n) is 9.40. The van der Waals surface area contributed by atoms with Crippen molar-refractivity contribution in [1.29, 1.82) is 0 Å². The van der Waals surface area contributed by atoms with E-state index in [1.165, 1.54) is 0 Å². The Bertz CT molecular complexity index is 847. The van der Waals surface area contributed by atoms with Gasteiger partial charge in [0.1, 0.15) is 12.2 Å². The summed E-state index contributed by atoms with van der Waals surface area (Å²) in [6.45, 7) is 9.55. The van der Waals surface area contributed by atoms with Crippen LogP contribution in [0.5, 0.6) is 0 Å². The number of ether oxygens (including phenoxy) is 3. The second-order valence-corrected chi connectivity index (χ2v) is 9.40. The molecule has 3 atom stereocenters. The molecule has 1 aromatic rings. The minimum atomic E-state index is -0.593. The van der Waals surface area contributed by atoms with Gasteiger partial charge in [-0.15, -0.1) is 0 Å². The van der Waals surface area contributed by atoms with Gasteiger partial charge in [-0.25, -0.2) is 14.4 Å². The first-order valence-electron chi connectivity index (χ1n) is 12.0. The third kappa shape index (κ3) is 9.45. The molecule has 188 valence electrons. The molecule has 0 unspecified atom stereocenters. The van der Waals surface area contributed by atoms with Gasteiger partial charge in [0.15, 0.2) is 0 Å². The van der Waals surface area contributed by atoms with E-state index < -0.39 is 17.8 Å². The first kappa shape index (κ1) is 27.2. The van der Waals surface area contributed by atoms with Crippen LogP contribution in [-0.2, 0) is 25.6 Å². The Morgan fingerprint density at radius 3 is 2.32 bits per heavy atom. The van der Waals surface area contributed by atoms with Gasteiger partial charge in [-0.1, -0.05) is 43.3 Å². The standard InChI is InChI=1S/C26H38N2O6/c1-6-19(23(29)32-7-2)15-20-16-21(27-25(31)34-26(3,4)5)13-14-22(20)28-24(30)33-17-18-11-9-8-10-12-18/h8-12,15,20-22H,6-7,13-14,16-17H2,1-5H3,(H,27,31)(H,28,30)/t20-,21-,22+/m1/s1. The summed E-state index contributed by atoms with van der Waals surface area (Å²) in [5.41, 5.74) is 0.855. The molecule has 34 heavy (non-hydrogen) atoms. The zero-order valence-corrected chi connectivity index (χ0v) is 20.9. The zero-order valence-electron chi connectivity index (χ0n) is 20.9. The van der Waals surface area contributed by atoms with Crippen molar-refractivity contribution in [2.75, 3.05) is 6.61 Å². The van der Waals surface area contributed by atoms with Crippen LogP contribution in [0.1, 0.15) is 65.9 Å². The van der Waals surface area contributed by atoms with Crippen molar-refractivity contribution >= 4 is 18.2 Å². The van der Waals surface area contributed by atoms with E-state index in [1.54, 1.807) is 6.92 Å². The van der Waals surface area contributed by atoms with Crippen molar-refractivity contribution in [2.45, 2.75) is 84.6 Å². The molecule has 8 heteroatoms. The minimum absolute atomic E-state index is 0.144. The molecule has 0 aliphatic heterocycles. The first-order valence-corrected chi connectivity index (χ1v) is 12.0. The van der Waals surface area contributed by atoms with E-state index in [2.05, 4.69) is 10.6 Å². The average molecular weight is 475 g/mol. The summed E-state index contributed by atoms with van der Waals surface area (Å²) in [4.78, 5) is 37.1. The van der Waals surface area contributed by atoms with Gasteiger partial charge in [0.2, 0.25) is 0 Å². The largest absolute Gasteiger partial charge is 0.463 e. The summed E-state index contributed by atoms with van der Waals surface area (Å²) in [7, 11) is 0. The van der Waals surface area contributed by atoms with Gasteiger partial charge in [-0.2, -0.15) is 0 Å². The number of alkyl carbamates (subject to hydrolysis) is 2. The molecule has 8 nitrogen and oxygen atoms in total. The van der Waals surface area contributed by atoms with Crippen molar-refractivity contribution in [1.82, 2.24) is 10.6 Å². The monoisotopic (exact) mass is 474 g/mol. The van der Waals surface area contributed by atoms with Gasteiger partial charge >= 0.3 is 18.2 Å². The Hall–Kier alpha value is -3.03. The Balaban J connectivity index is 2.09. The van der Waals surface area contributed by atoms with Crippen LogP contribution in [0.4, 0.5) is 9.59 Å². The topological polar surface area (TPSA) is 103 Å². The van der Waals surface area contributed by atoms with E-state index in [0.29, 0.717) is 31.3 Å². The maximum atomic E-state index is 12.5. The molecule has 0 aromatic heterocycles. The molecule has 0 heterocycles. The van der Waals surface area contributed by atoms with E-state index in [1.807, 2.05) is 64.1 Å². The SMILES string of the molecule is CCOC(=O)C(=C[C@@H]1C[C@H](NC(=O)OC(C)(C)C)CC[C@@H]1NC(=O)OCc1ccccc1)CC. The molecule has 0 spiro atoms. The van der Waals surface area contributed by atoms with Crippen molar-refractivity contribution in [2.24, 2.45) is 5.92 Å². The number of rotatable bonds is 8. The number of benzene rings is 1. The van der Waals surface area contributed by atoms with Crippen molar-refractivity contribution < 1.29 is 28.6 Å². The van der Waals surface area contributed by atoms with Gasteiger partial charge in [-0.3, -0.25) is 0 Å². The lowest BCUT2D eigenvalue weighted by Crippen LogP contribution is -2.49. The van der Waals surface area contributed by atoms with Crippen LogP contribution >= 0.6 is 0 Å². The second kappa shape index (κ2) is 13.0. The summed E-state index contributed by atoms with van der Waals surface area (Å²) >= 11 is 0. The van der Waals surface area contributed by atoms with Crippen molar-refractivity contribution in [3.63, 3.8) is 0 Å². The molecule has 0 saturated heterocycles. The fraction of sp³-hybridized carbons (Fsp3) is 0.577. The van der Waals surface area contributed by atoms with Gasteiger partial charge in [-0.05, 0) is 64.9 Å². The van der Waals surface area contributed by atoms with Gasteiger partial charge in [0.05, 0.1) is 6.61 Å². The van der Waals surface area contributed by atoms with E-state index in [4.69, 9.17) is 14.2 Å². The Morgan fingerprint density at radius 1 is 1.00 bits per heavy atom.